The molecule has 0 radical (unpaired) electrons. The Morgan fingerprint density at radius 3 is 2.32 bits per heavy atom. The van der Waals surface area contributed by atoms with Gasteiger partial charge in [-0.05, 0) is 52.7 Å². The molecule has 1 aromatic rings. The van der Waals surface area contributed by atoms with Crippen LogP contribution in [-0.2, 0) is 20.3 Å². The molecular formula is C18H24O3S. The minimum absolute atomic E-state index is 0.334. The molecule has 1 atom stereocenters. The second-order valence-corrected chi connectivity index (χ2v) is 7.33. The third-order valence-corrected chi connectivity index (χ3v) is 3.81. The Balaban J connectivity index is 2.33. The Hall–Kier alpha value is -1.68. The summed E-state index contributed by atoms with van der Waals surface area (Å²) in [6, 6.07) is 7.64. The zero-order chi connectivity index (χ0) is 16.6. The van der Waals surface area contributed by atoms with Gasteiger partial charge < -0.3 is 4.74 Å². The van der Waals surface area contributed by atoms with Crippen LogP contribution in [0.1, 0.15) is 39.2 Å². The van der Waals surface area contributed by atoms with Gasteiger partial charge in [-0.25, -0.2) is 9.00 Å². The summed E-state index contributed by atoms with van der Waals surface area (Å²) in [5.41, 5.74) is 0.684. The molecule has 0 aliphatic heterocycles. The number of hydrogen-bond donors (Lipinski definition) is 0. The number of rotatable bonds is 6. The molecule has 0 amide bonds. The molecule has 0 bridgehead atoms. The van der Waals surface area contributed by atoms with Crippen LogP contribution in [0.15, 0.2) is 52.8 Å². The van der Waals surface area contributed by atoms with Crippen molar-refractivity contribution in [1.29, 1.82) is 0 Å². The molecule has 0 fully saturated rings. The number of carbonyl (C=O) groups excluding carboxylic acids is 1. The molecule has 0 aliphatic rings. The van der Waals surface area contributed by atoms with E-state index in [1.165, 1.54) is 6.08 Å². The summed E-state index contributed by atoms with van der Waals surface area (Å²) in [5, 5.41) is 1.69. The van der Waals surface area contributed by atoms with Crippen molar-refractivity contribution >= 4 is 16.8 Å². The number of esters is 1. The Labute approximate surface area is 135 Å². The molecule has 120 valence electrons. The van der Waals surface area contributed by atoms with E-state index in [0.717, 1.165) is 16.9 Å². The third-order valence-electron chi connectivity index (χ3n) is 2.63. The zero-order valence-electron chi connectivity index (χ0n) is 13.7. The molecule has 0 N–H and O–H groups in total. The van der Waals surface area contributed by atoms with Crippen LogP contribution in [0, 0.1) is 6.92 Å². The molecule has 1 aromatic carbocycles. The van der Waals surface area contributed by atoms with E-state index < -0.39 is 16.4 Å². The van der Waals surface area contributed by atoms with Crippen molar-refractivity contribution in [2.45, 2.75) is 51.0 Å². The van der Waals surface area contributed by atoms with E-state index in [1.807, 2.05) is 58.0 Å². The fourth-order valence-electron chi connectivity index (χ4n) is 1.61. The first-order valence-electron chi connectivity index (χ1n) is 7.31. The summed E-state index contributed by atoms with van der Waals surface area (Å²) in [5.74, 6) is -0.334. The highest BCUT2D eigenvalue weighted by molar-refractivity contribution is 7.88. The number of hydrogen-bond acceptors (Lipinski definition) is 3. The maximum atomic E-state index is 12.0. The number of benzene rings is 1. The lowest BCUT2D eigenvalue weighted by Crippen LogP contribution is -2.22. The monoisotopic (exact) mass is 320 g/mol. The van der Waals surface area contributed by atoms with Crippen molar-refractivity contribution in [2.75, 3.05) is 0 Å². The molecule has 1 unspecified atom stereocenters. The van der Waals surface area contributed by atoms with Gasteiger partial charge in [0.05, 0.1) is 10.8 Å². The topological polar surface area (TPSA) is 43.4 Å². The molecule has 0 aliphatic carbocycles. The molecule has 0 saturated heterocycles. The fraction of sp³-hybridized carbons (Fsp3) is 0.389. The van der Waals surface area contributed by atoms with Gasteiger partial charge in [-0.2, -0.15) is 0 Å². The number of aryl methyl sites for hydroxylation is 1. The summed E-state index contributed by atoms with van der Waals surface area (Å²) in [6.45, 7) is 7.51. The maximum absolute atomic E-state index is 12.0. The molecule has 0 heterocycles. The smallest absolute Gasteiger partial charge is 0.330 e. The summed E-state index contributed by atoms with van der Waals surface area (Å²) < 4.78 is 17.1. The molecule has 0 saturated carbocycles. The first kappa shape index (κ1) is 18.4. The third kappa shape index (κ3) is 7.93. The molecule has 1 rings (SSSR count). The fourth-order valence-corrected chi connectivity index (χ4v) is 2.49. The van der Waals surface area contributed by atoms with Gasteiger partial charge in [0, 0.05) is 16.4 Å². The first-order valence-corrected chi connectivity index (χ1v) is 8.53. The molecular weight excluding hydrogens is 296 g/mol. The second kappa shape index (κ2) is 8.69. The van der Waals surface area contributed by atoms with E-state index >= 15 is 0 Å². The first-order chi connectivity index (χ1) is 10.3. The van der Waals surface area contributed by atoms with Crippen molar-refractivity contribution in [1.82, 2.24) is 0 Å². The Morgan fingerprint density at radius 2 is 1.73 bits per heavy atom. The largest absolute Gasteiger partial charge is 0.457 e. The molecule has 0 spiro atoms. The molecule has 4 heteroatoms. The highest BCUT2D eigenvalue weighted by Gasteiger charge is 2.13. The van der Waals surface area contributed by atoms with Crippen LogP contribution < -0.4 is 0 Å². The summed E-state index contributed by atoms with van der Waals surface area (Å²) >= 11 is 0. The average Bonchev–Trinajstić information content (AvgIpc) is 2.41. The quantitative estimate of drug-likeness (QED) is 0.446. The highest BCUT2D eigenvalue weighted by atomic mass is 32.2. The number of carbonyl (C=O) groups is 1. The van der Waals surface area contributed by atoms with Crippen LogP contribution in [0.4, 0.5) is 0 Å². The minimum Gasteiger partial charge on any atom is -0.457 e. The standard InChI is InChI=1S/C18H24O3S/c1-15-10-12-16(13-11-15)22(20)14-8-6-5-7-9-17(19)21-18(2,3)4/h7-14H,5-6H2,1-4H3/b9-7-,14-8+. The van der Waals surface area contributed by atoms with Crippen molar-refractivity contribution in [3.8, 4) is 0 Å². The van der Waals surface area contributed by atoms with E-state index in [-0.39, 0.29) is 5.97 Å². The van der Waals surface area contributed by atoms with E-state index in [4.69, 9.17) is 4.74 Å². The van der Waals surface area contributed by atoms with Crippen LogP contribution in [-0.4, -0.2) is 15.8 Å². The van der Waals surface area contributed by atoms with Crippen molar-refractivity contribution in [3.05, 3.63) is 53.5 Å². The maximum Gasteiger partial charge on any atom is 0.330 e. The predicted octanol–water partition coefficient (Wildman–Crippen LogP) is 4.29. The van der Waals surface area contributed by atoms with Gasteiger partial charge in [0.1, 0.15) is 5.60 Å². The lowest BCUT2D eigenvalue weighted by molar-refractivity contribution is -0.148. The highest BCUT2D eigenvalue weighted by Crippen LogP contribution is 2.10. The van der Waals surface area contributed by atoms with Crippen molar-refractivity contribution < 1.29 is 13.7 Å². The minimum atomic E-state index is -1.12. The lowest BCUT2D eigenvalue weighted by atomic mass is 10.2. The molecule has 0 aromatic heterocycles. The normalized spacial score (nSPS) is 13.6. The van der Waals surface area contributed by atoms with Crippen LogP contribution in [0.5, 0.6) is 0 Å². The van der Waals surface area contributed by atoms with Crippen LogP contribution in [0.2, 0.25) is 0 Å². The Morgan fingerprint density at radius 1 is 1.14 bits per heavy atom. The summed E-state index contributed by atoms with van der Waals surface area (Å²) in [7, 11) is -1.12. The van der Waals surface area contributed by atoms with Crippen LogP contribution in [0.3, 0.4) is 0 Å². The van der Waals surface area contributed by atoms with E-state index in [9.17, 15) is 9.00 Å². The predicted molar refractivity (Wildman–Crippen MR) is 90.9 cm³/mol. The Bertz CT molecular complexity index is 563. The van der Waals surface area contributed by atoms with Gasteiger partial charge in [0.2, 0.25) is 0 Å². The summed E-state index contributed by atoms with van der Waals surface area (Å²) in [4.78, 5) is 12.2. The van der Waals surface area contributed by atoms with Gasteiger partial charge in [0.25, 0.3) is 0 Å². The lowest BCUT2D eigenvalue weighted by Gasteiger charge is -2.17. The summed E-state index contributed by atoms with van der Waals surface area (Å²) in [6.07, 6.45) is 6.52. The van der Waals surface area contributed by atoms with Gasteiger partial charge in [-0.15, -0.1) is 0 Å². The van der Waals surface area contributed by atoms with Gasteiger partial charge in [0.15, 0.2) is 0 Å². The van der Waals surface area contributed by atoms with E-state index in [0.29, 0.717) is 6.42 Å². The van der Waals surface area contributed by atoms with Crippen LogP contribution >= 0.6 is 0 Å². The van der Waals surface area contributed by atoms with E-state index in [2.05, 4.69) is 0 Å². The SMILES string of the molecule is Cc1ccc(S(=O)/C=C/CC/C=C\C(=O)OC(C)(C)C)cc1. The van der Waals surface area contributed by atoms with Crippen LogP contribution in [0.25, 0.3) is 0 Å². The average molecular weight is 320 g/mol. The Kier molecular flexibility index (Phi) is 7.25. The van der Waals surface area contributed by atoms with Gasteiger partial charge >= 0.3 is 5.97 Å². The van der Waals surface area contributed by atoms with Crippen molar-refractivity contribution in [2.24, 2.45) is 0 Å². The van der Waals surface area contributed by atoms with Gasteiger partial charge in [-0.1, -0.05) is 29.8 Å². The molecule has 22 heavy (non-hydrogen) atoms. The number of allylic oxidation sites excluding steroid dienone is 2. The zero-order valence-corrected chi connectivity index (χ0v) is 14.5. The number of unbranched alkanes of at least 4 members (excludes halogenated alkanes) is 1. The van der Waals surface area contributed by atoms with E-state index in [1.54, 1.807) is 11.5 Å². The number of ether oxygens (including phenoxy) is 1. The molecule has 3 nitrogen and oxygen atoms in total. The second-order valence-electron chi connectivity index (χ2n) is 6.00. The van der Waals surface area contributed by atoms with Crippen molar-refractivity contribution in [3.63, 3.8) is 0 Å². The van der Waals surface area contributed by atoms with Gasteiger partial charge in [-0.3, -0.25) is 0 Å².